The summed E-state index contributed by atoms with van der Waals surface area (Å²) in [6, 6.07) is 0.209. The fourth-order valence-electron chi connectivity index (χ4n) is 1.22. The van der Waals surface area contributed by atoms with Gasteiger partial charge in [0, 0.05) is 0 Å². The molecule has 0 aromatic carbocycles. The summed E-state index contributed by atoms with van der Waals surface area (Å²) >= 11 is 0. The standard InChI is InChI=1S/C7H11N7/c1-4(2)14-7-5(12-13-14)6(11-8)9-3-10-7/h3-4H,8H2,1-2H3,(H,9,10,11). The number of aromatic nitrogens is 5. The molecule has 14 heavy (non-hydrogen) atoms. The van der Waals surface area contributed by atoms with Crippen LogP contribution in [0.5, 0.6) is 0 Å². The summed E-state index contributed by atoms with van der Waals surface area (Å²) in [6.07, 6.45) is 1.43. The quantitative estimate of drug-likeness (QED) is 0.518. The van der Waals surface area contributed by atoms with E-state index in [1.165, 1.54) is 6.33 Å². The number of hydrazine groups is 1. The molecule has 0 amide bonds. The third-order valence-electron chi connectivity index (χ3n) is 1.89. The number of nitrogens with zero attached hydrogens (tertiary/aromatic N) is 5. The number of rotatable bonds is 2. The van der Waals surface area contributed by atoms with Crippen molar-refractivity contribution < 1.29 is 0 Å². The predicted octanol–water partition coefficient (Wildman–Crippen LogP) is 0.0878. The molecule has 0 spiro atoms. The van der Waals surface area contributed by atoms with Gasteiger partial charge in [-0.05, 0) is 13.8 Å². The molecule has 0 radical (unpaired) electrons. The van der Waals surface area contributed by atoms with E-state index >= 15 is 0 Å². The lowest BCUT2D eigenvalue weighted by molar-refractivity contribution is 0.526. The van der Waals surface area contributed by atoms with Gasteiger partial charge in [0.05, 0.1) is 6.04 Å². The summed E-state index contributed by atoms with van der Waals surface area (Å²) in [5.74, 6) is 5.77. The Bertz CT molecular complexity index is 446. The molecule has 2 aromatic heterocycles. The highest BCUT2D eigenvalue weighted by Gasteiger charge is 2.12. The summed E-state index contributed by atoms with van der Waals surface area (Å²) in [4.78, 5) is 8.04. The molecule has 0 aliphatic carbocycles. The number of fused-ring (bicyclic) bond motifs is 1. The average molecular weight is 193 g/mol. The van der Waals surface area contributed by atoms with E-state index in [1.54, 1.807) is 4.68 Å². The number of nitrogens with two attached hydrogens (primary N) is 1. The predicted molar refractivity (Wildman–Crippen MR) is 51.3 cm³/mol. The molecule has 0 atom stereocenters. The summed E-state index contributed by atoms with van der Waals surface area (Å²) in [6.45, 7) is 4.01. The second kappa shape index (κ2) is 3.18. The molecule has 0 bridgehead atoms. The Morgan fingerprint density at radius 2 is 2.21 bits per heavy atom. The van der Waals surface area contributed by atoms with E-state index in [-0.39, 0.29) is 6.04 Å². The zero-order chi connectivity index (χ0) is 10.1. The van der Waals surface area contributed by atoms with Gasteiger partial charge in [-0.3, -0.25) is 0 Å². The van der Waals surface area contributed by atoms with Gasteiger partial charge in [0.15, 0.2) is 17.0 Å². The summed E-state index contributed by atoms with van der Waals surface area (Å²) in [5.41, 5.74) is 3.73. The van der Waals surface area contributed by atoms with Crippen molar-refractivity contribution in [2.75, 3.05) is 5.43 Å². The van der Waals surface area contributed by atoms with Crippen molar-refractivity contribution in [2.24, 2.45) is 5.84 Å². The number of hydrogen-bond acceptors (Lipinski definition) is 6. The van der Waals surface area contributed by atoms with Crippen LogP contribution in [0.2, 0.25) is 0 Å². The highest BCUT2D eigenvalue weighted by molar-refractivity contribution is 5.81. The smallest absolute Gasteiger partial charge is 0.184 e. The van der Waals surface area contributed by atoms with Crippen molar-refractivity contribution in [2.45, 2.75) is 19.9 Å². The molecule has 0 saturated heterocycles. The number of nitrogen functional groups attached to an aromatic ring is 1. The maximum absolute atomic E-state index is 5.28. The SMILES string of the molecule is CC(C)n1nnc2c(NN)ncnc21. The first-order valence-corrected chi connectivity index (χ1v) is 4.26. The van der Waals surface area contributed by atoms with E-state index in [0.29, 0.717) is 17.0 Å². The Balaban J connectivity index is 2.69. The Morgan fingerprint density at radius 1 is 1.43 bits per heavy atom. The first-order valence-electron chi connectivity index (χ1n) is 4.26. The van der Waals surface area contributed by atoms with Crippen molar-refractivity contribution >= 4 is 17.0 Å². The maximum Gasteiger partial charge on any atom is 0.184 e. The molecular weight excluding hydrogens is 182 g/mol. The molecule has 0 aliphatic heterocycles. The van der Waals surface area contributed by atoms with E-state index in [9.17, 15) is 0 Å². The van der Waals surface area contributed by atoms with Crippen LogP contribution in [-0.2, 0) is 0 Å². The monoisotopic (exact) mass is 193 g/mol. The van der Waals surface area contributed by atoms with Gasteiger partial charge in [0.1, 0.15) is 6.33 Å². The highest BCUT2D eigenvalue weighted by Crippen LogP contribution is 2.17. The Kier molecular flexibility index (Phi) is 2.01. The van der Waals surface area contributed by atoms with Gasteiger partial charge < -0.3 is 5.43 Å². The van der Waals surface area contributed by atoms with Crippen LogP contribution in [-0.4, -0.2) is 25.0 Å². The van der Waals surface area contributed by atoms with E-state index < -0.39 is 0 Å². The Hall–Kier alpha value is -1.76. The van der Waals surface area contributed by atoms with Gasteiger partial charge in [0.25, 0.3) is 0 Å². The lowest BCUT2D eigenvalue weighted by atomic mass is 10.4. The zero-order valence-electron chi connectivity index (χ0n) is 7.97. The summed E-state index contributed by atoms with van der Waals surface area (Å²) in [7, 11) is 0. The Labute approximate surface area is 80.3 Å². The highest BCUT2D eigenvalue weighted by atomic mass is 15.5. The van der Waals surface area contributed by atoms with Gasteiger partial charge >= 0.3 is 0 Å². The summed E-state index contributed by atoms with van der Waals surface area (Å²) < 4.78 is 1.72. The van der Waals surface area contributed by atoms with Crippen molar-refractivity contribution in [3.05, 3.63) is 6.33 Å². The molecule has 0 unspecified atom stereocenters. The topological polar surface area (TPSA) is 94.5 Å². The minimum Gasteiger partial charge on any atom is -0.306 e. The van der Waals surface area contributed by atoms with Crippen LogP contribution in [0.1, 0.15) is 19.9 Å². The van der Waals surface area contributed by atoms with Crippen molar-refractivity contribution in [3.8, 4) is 0 Å². The molecule has 2 rings (SSSR count). The van der Waals surface area contributed by atoms with E-state index in [1.807, 2.05) is 13.8 Å². The van der Waals surface area contributed by atoms with Gasteiger partial charge in [-0.25, -0.2) is 20.5 Å². The van der Waals surface area contributed by atoms with Crippen LogP contribution in [0.15, 0.2) is 6.33 Å². The molecule has 7 nitrogen and oxygen atoms in total. The molecule has 7 heteroatoms. The fraction of sp³-hybridized carbons (Fsp3) is 0.429. The first kappa shape index (κ1) is 8.82. The molecule has 3 N–H and O–H groups in total. The molecular formula is C7H11N7. The average Bonchev–Trinajstić information content (AvgIpc) is 2.60. The van der Waals surface area contributed by atoms with Gasteiger partial charge in [-0.2, -0.15) is 0 Å². The minimum atomic E-state index is 0.209. The minimum absolute atomic E-state index is 0.209. The molecule has 0 fully saturated rings. The summed E-state index contributed by atoms with van der Waals surface area (Å²) in [5, 5.41) is 7.93. The molecule has 74 valence electrons. The zero-order valence-corrected chi connectivity index (χ0v) is 7.97. The third-order valence-corrected chi connectivity index (χ3v) is 1.89. The van der Waals surface area contributed by atoms with Gasteiger partial charge in [-0.15, -0.1) is 5.10 Å². The first-order chi connectivity index (χ1) is 6.74. The van der Waals surface area contributed by atoms with Crippen LogP contribution < -0.4 is 11.3 Å². The fourth-order valence-corrected chi connectivity index (χ4v) is 1.22. The van der Waals surface area contributed by atoms with Crippen LogP contribution >= 0.6 is 0 Å². The van der Waals surface area contributed by atoms with Crippen LogP contribution in [0.4, 0.5) is 5.82 Å². The third kappa shape index (κ3) is 1.18. The van der Waals surface area contributed by atoms with Crippen molar-refractivity contribution in [3.63, 3.8) is 0 Å². The molecule has 2 heterocycles. The molecule has 0 aliphatic rings. The van der Waals surface area contributed by atoms with Crippen LogP contribution in [0, 0.1) is 0 Å². The van der Waals surface area contributed by atoms with Crippen molar-refractivity contribution in [1.29, 1.82) is 0 Å². The maximum atomic E-state index is 5.28. The number of hydrogen-bond donors (Lipinski definition) is 2. The number of anilines is 1. The van der Waals surface area contributed by atoms with E-state index in [0.717, 1.165) is 0 Å². The van der Waals surface area contributed by atoms with Crippen LogP contribution in [0.3, 0.4) is 0 Å². The lowest BCUT2D eigenvalue weighted by Crippen LogP contribution is -2.09. The Morgan fingerprint density at radius 3 is 2.86 bits per heavy atom. The second-order valence-corrected chi connectivity index (χ2v) is 3.17. The largest absolute Gasteiger partial charge is 0.306 e. The second-order valence-electron chi connectivity index (χ2n) is 3.17. The van der Waals surface area contributed by atoms with E-state index in [4.69, 9.17) is 5.84 Å². The molecule has 2 aromatic rings. The van der Waals surface area contributed by atoms with Crippen molar-refractivity contribution in [1.82, 2.24) is 25.0 Å². The molecule has 0 saturated carbocycles. The van der Waals surface area contributed by atoms with Gasteiger partial charge in [0.2, 0.25) is 0 Å². The van der Waals surface area contributed by atoms with Gasteiger partial charge in [-0.1, -0.05) is 5.21 Å². The number of nitrogens with one attached hydrogen (secondary N) is 1. The van der Waals surface area contributed by atoms with E-state index in [2.05, 4.69) is 25.7 Å². The van der Waals surface area contributed by atoms with Crippen LogP contribution in [0.25, 0.3) is 11.2 Å². The normalized spacial score (nSPS) is 11.1. The lowest BCUT2D eigenvalue weighted by Gasteiger charge is -2.04.